The summed E-state index contributed by atoms with van der Waals surface area (Å²) in [6, 6.07) is 5.57. The number of hydrogen-bond donors (Lipinski definition) is 1. The monoisotopic (exact) mass is 405 g/mol. The number of pyridine rings is 1. The fourth-order valence-electron chi connectivity index (χ4n) is 3.84. The number of carbonyl (C=O) groups excluding carboxylic acids is 1. The first kappa shape index (κ1) is 18.5. The molecule has 4 aromatic heterocycles. The van der Waals surface area contributed by atoms with Crippen molar-refractivity contribution in [1.82, 2.24) is 34.7 Å². The van der Waals surface area contributed by atoms with Crippen LogP contribution in [0.15, 0.2) is 35.1 Å². The minimum Gasteiger partial charge on any atom is -0.416 e. The number of aromatic amines is 1. The summed E-state index contributed by atoms with van der Waals surface area (Å²) in [5.74, 6) is 0.109. The first-order valence-electron chi connectivity index (χ1n) is 9.95. The lowest BCUT2D eigenvalue weighted by atomic mass is 9.97. The number of imidazole rings is 1. The molecule has 0 radical (unpaired) electrons. The van der Waals surface area contributed by atoms with E-state index in [4.69, 9.17) is 9.52 Å². The Balaban J connectivity index is 1.59. The Labute approximate surface area is 173 Å². The Hall–Kier alpha value is -3.49. The third kappa shape index (κ3) is 2.89. The quantitative estimate of drug-likeness (QED) is 0.550. The van der Waals surface area contributed by atoms with Gasteiger partial charge in [-0.15, -0.1) is 10.2 Å². The lowest BCUT2D eigenvalue weighted by Gasteiger charge is -2.32. The molecule has 0 saturated carbocycles. The highest BCUT2D eigenvalue weighted by Gasteiger charge is 2.38. The van der Waals surface area contributed by atoms with Crippen LogP contribution in [0.25, 0.3) is 5.52 Å². The minimum absolute atomic E-state index is 0.0103. The zero-order valence-electron chi connectivity index (χ0n) is 17.4. The fourth-order valence-corrected chi connectivity index (χ4v) is 3.84. The van der Waals surface area contributed by atoms with Gasteiger partial charge in [0.1, 0.15) is 6.04 Å². The second-order valence-electron chi connectivity index (χ2n) is 8.67. The minimum atomic E-state index is -0.434. The van der Waals surface area contributed by atoms with E-state index in [1.165, 1.54) is 0 Å². The van der Waals surface area contributed by atoms with Gasteiger partial charge >= 0.3 is 11.8 Å². The molecular formula is C21H23N7O2. The molecule has 0 fully saturated rings. The van der Waals surface area contributed by atoms with Gasteiger partial charge in [0, 0.05) is 30.3 Å². The number of aryl methyl sites for hydroxylation is 1. The van der Waals surface area contributed by atoms with Crippen LogP contribution in [0.1, 0.15) is 66.0 Å². The van der Waals surface area contributed by atoms with E-state index in [0.717, 1.165) is 28.2 Å². The lowest BCUT2D eigenvalue weighted by Crippen LogP contribution is -2.41. The largest absolute Gasteiger partial charge is 0.416 e. The van der Waals surface area contributed by atoms with E-state index in [-0.39, 0.29) is 17.2 Å². The van der Waals surface area contributed by atoms with Gasteiger partial charge in [-0.25, -0.2) is 9.50 Å². The molecule has 5 heterocycles. The molecule has 1 atom stereocenters. The van der Waals surface area contributed by atoms with Gasteiger partial charge in [0.15, 0.2) is 0 Å². The van der Waals surface area contributed by atoms with Crippen LogP contribution in [0.2, 0.25) is 0 Å². The van der Waals surface area contributed by atoms with E-state index in [1.807, 2.05) is 56.6 Å². The number of fused-ring (bicyclic) bond motifs is 2. The molecule has 0 saturated heterocycles. The highest BCUT2D eigenvalue weighted by Crippen LogP contribution is 2.34. The van der Waals surface area contributed by atoms with Gasteiger partial charge in [-0.2, -0.15) is 5.10 Å². The van der Waals surface area contributed by atoms with Crippen LogP contribution in [0.4, 0.5) is 0 Å². The Morgan fingerprint density at radius 2 is 2.13 bits per heavy atom. The molecule has 0 unspecified atom stereocenters. The number of hydrogen-bond acceptors (Lipinski definition) is 6. The molecule has 9 heteroatoms. The zero-order valence-corrected chi connectivity index (χ0v) is 17.4. The third-order valence-corrected chi connectivity index (χ3v) is 5.45. The van der Waals surface area contributed by atoms with Crippen molar-refractivity contribution >= 4 is 11.4 Å². The highest BCUT2D eigenvalue weighted by atomic mass is 16.4. The Kier molecular flexibility index (Phi) is 4.02. The molecule has 0 aromatic carbocycles. The second kappa shape index (κ2) is 6.51. The Morgan fingerprint density at radius 3 is 2.87 bits per heavy atom. The van der Waals surface area contributed by atoms with E-state index in [2.05, 4.69) is 20.2 Å². The first-order chi connectivity index (χ1) is 14.3. The summed E-state index contributed by atoms with van der Waals surface area (Å²) in [5.41, 5.74) is 4.34. The molecule has 30 heavy (non-hydrogen) atoms. The SMILES string of the molecule is Cc1cccn2nc([C@H]3c4nc[nH]c4CCN3C(=O)c3nnc(C(C)(C)C)o3)cc12. The summed E-state index contributed by atoms with van der Waals surface area (Å²) in [5, 5.41) is 12.8. The van der Waals surface area contributed by atoms with Crippen molar-refractivity contribution in [2.45, 2.75) is 45.6 Å². The van der Waals surface area contributed by atoms with Crippen molar-refractivity contribution in [2.24, 2.45) is 0 Å². The molecule has 9 nitrogen and oxygen atoms in total. The van der Waals surface area contributed by atoms with Gasteiger partial charge in [-0.3, -0.25) is 4.79 Å². The molecule has 5 rings (SSSR count). The van der Waals surface area contributed by atoms with E-state index in [9.17, 15) is 4.79 Å². The first-order valence-corrected chi connectivity index (χ1v) is 9.95. The summed E-state index contributed by atoms with van der Waals surface area (Å²) in [4.78, 5) is 22.8. The number of nitrogens with zero attached hydrogens (tertiary/aromatic N) is 6. The van der Waals surface area contributed by atoms with Crippen LogP contribution in [-0.2, 0) is 11.8 Å². The van der Waals surface area contributed by atoms with Crippen LogP contribution in [0.5, 0.6) is 0 Å². The number of amides is 1. The van der Waals surface area contributed by atoms with Crippen LogP contribution in [0, 0.1) is 6.92 Å². The van der Waals surface area contributed by atoms with Crippen molar-refractivity contribution in [1.29, 1.82) is 0 Å². The summed E-state index contributed by atoms with van der Waals surface area (Å²) in [6.07, 6.45) is 4.24. The molecule has 0 aliphatic carbocycles. The van der Waals surface area contributed by atoms with Gasteiger partial charge in [-0.1, -0.05) is 26.8 Å². The van der Waals surface area contributed by atoms with Gasteiger partial charge in [-0.05, 0) is 24.6 Å². The lowest BCUT2D eigenvalue weighted by molar-refractivity contribution is 0.0642. The smallest absolute Gasteiger partial charge is 0.312 e. The third-order valence-electron chi connectivity index (χ3n) is 5.45. The summed E-state index contributed by atoms with van der Waals surface area (Å²) in [7, 11) is 0. The maximum absolute atomic E-state index is 13.4. The molecule has 0 bridgehead atoms. The van der Waals surface area contributed by atoms with E-state index in [0.29, 0.717) is 18.9 Å². The molecular weight excluding hydrogens is 382 g/mol. The van der Waals surface area contributed by atoms with Crippen LogP contribution < -0.4 is 0 Å². The standard InChI is InChI=1S/C21H23N7O2/c1-12-6-5-8-28-15(12)10-14(26-28)17-16-13(22-11-23-16)7-9-27(17)19(29)18-24-25-20(30-18)21(2,3)4/h5-6,8,10-11,17H,7,9H2,1-4H3,(H,22,23)/t17-/m0/s1. The van der Waals surface area contributed by atoms with Gasteiger partial charge in [0.25, 0.3) is 0 Å². The highest BCUT2D eigenvalue weighted by molar-refractivity contribution is 5.90. The predicted octanol–water partition coefficient (Wildman–Crippen LogP) is 2.83. The average Bonchev–Trinajstić information content (AvgIpc) is 3.44. The molecule has 0 spiro atoms. The number of aromatic nitrogens is 6. The summed E-state index contributed by atoms with van der Waals surface area (Å²) >= 11 is 0. The maximum Gasteiger partial charge on any atom is 0.312 e. The molecule has 1 aliphatic rings. The molecule has 4 aromatic rings. The van der Waals surface area contributed by atoms with Crippen molar-refractivity contribution < 1.29 is 9.21 Å². The van der Waals surface area contributed by atoms with Crippen LogP contribution >= 0.6 is 0 Å². The number of nitrogens with one attached hydrogen (secondary N) is 1. The normalized spacial score (nSPS) is 16.8. The number of carbonyl (C=O) groups is 1. The molecule has 1 aliphatic heterocycles. The van der Waals surface area contributed by atoms with Gasteiger partial charge < -0.3 is 14.3 Å². The van der Waals surface area contributed by atoms with Crippen molar-refractivity contribution in [2.75, 3.05) is 6.54 Å². The number of H-pyrrole nitrogens is 1. The topological polar surface area (TPSA) is 105 Å². The summed E-state index contributed by atoms with van der Waals surface area (Å²) < 4.78 is 7.56. The van der Waals surface area contributed by atoms with Crippen LogP contribution in [-0.4, -0.2) is 47.1 Å². The molecule has 154 valence electrons. The summed E-state index contributed by atoms with van der Waals surface area (Å²) in [6.45, 7) is 8.43. The molecule has 1 amide bonds. The van der Waals surface area contributed by atoms with Gasteiger partial charge in [0.2, 0.25) is 5.89 Å². The Morgan fingerprint density at radius 1 is 1.30 bits per heavy atom. The zero-order chi connectivity index (χ0) is 21.0. The average molecular weight is 405 g/mol. The second-order valence-corrected chi connectivity index (χ2v) is 8.67. The fraction of sp³-hybridized carbons (Fsp3) is 0.381. The number of rotatable bonds is 2. The van der Waals surface area contributed by atoms with E-state index >= 15 is 0 Å². The molecule has 1 N–H and O–H groups in total. The Bertz CT molecular complexity index is 1240. The van der Waals surface area contributed by atoms with Crippen molar-refractivity contribution in [3.8, 4) is 0 Å². The van der Waals surface area contributed by atoms with Crippen LogP contribution in [0.3, 0.4) is 0 Å². The van der Waals surface area contributed by atoms with Crippen molar-refractivity contribution in [3.05, 3.63) is 65.1 Å². The van der Waals surface area contributed by atoms with E-state index in [1.54, 1.807) is 11.2 Å². The van der Waals surface area contributed by atoms with Crippen molar-refractivity contribution in [3.63, 3.8) is 0 Å². The van der Waals surface area contributed by atoms with Gasteiger partial charge in [0.05, 0.1) is 23.2 Å². The van der Waals surface area contributed by atoms with E-state index < -0.39 is 6.04 Å². The predicted molar refractivity (Wildman–Crippen MR) is 108 cm³/mol. The maximum atomic E-state index is 13.4.